The summed E-state index contributed by atoms with van der Waals surface area (Å²) in [6.45, 7) is 1.59. The summed E-state index contributed by atoms with van der Waals surface area (Å²) < 4.78 is 31.6. The molecule has 0 radical (unpaired) electrons. The standard InChI is InChI=1S/C11H14BrNO5S2/c1-6-9(4-10(12)19-6)20(16,17)13-5-7(14)3-8(13)11(15)18-2/h4,7-8,14H,3,5H2,1-2H3. The zero-order valence-electron chi connectivity index (χ0n) is 10.9. The van der Waals surface area contributed by atoms with Gasteiger partial charge in [-0.05, 0) is 28.9 Å². The number of carbonyl (C=O) groups excluding carboxylic acids is 1. The first-order valence-corrected chi connectivity index (χ1v) is 8.86. The average molecular weight is 384 g/mol. The zero-order valence-corrected chi connectivity index (χ0v) is 14.1. The number of aryl methyl sites for hydroxylation is 1. The van der Waals surface area contributed by atoms with Crippen molar-refractivity contribution in [1.29, 1.82) is 0 Å². The molecule has 0 saturated carbocycles. The van der Waals surface area contributed by atoms with Crippen molar-refractivity contribution in [3.63, 3.8) is 0 Å². The first kappa shape index (κ1) is 15.9. The summed E-state index contributed by atoms with van der Waals surface area (Å²) >= 11 is 4.55. The number of esters is 1. The van der Waals surface area contributed by atoms with Crippen molar-refractivity contribution < 1.29 is 23.1 Å². The van der Waals surface area contributed by atoms with Gasteiger partial charge in [-0.3, -0.25) is 4.79 Å². The maximum atomic E-state index is 12.6. The molecule has 2 heterocycles. The number of hydrogen-bond acceptors (Lipinski definition) is 6. The highest BCUT2D eigenvalue weighted by molar-refractivity contribution is 9.11. The molecule has 1 fully saturated rings. The van der Waals surface area contributed by atoms with E-state index in [0.717, 1.165) is 4.31 Å². The van der Waals surface area contributed by atoms with Gasteiger partial charge in [0.2, 0.25) is 10.0 Å². The van der Waals surface area contributed by atoms with Crippen LogP contribution in [0.25, 0.3) is 0 Å². The van der Waals surface area contributed by atoms with E-state index < -0.39 is 28.1 Å². The van der Waals surface area contributed by atoms with Gasteiger partial charge in [0, 0.05) is 17.8 Å². The topological polar surface area (TPSA) is 83.9 Å². The van der Waals surface area contributed by atoms with Gasteiger partial charge in [0.25, 0.3) is 0 Å². The average Bonchev–Trinajstić information content (AvgIpc) is 2.92. The van der Waals surface area contributed by atoms with Crippen molar-refractivity contribution in [2.45, 2.75) is 30.4 Å². The van der Waals surface area contributed by atoms with Crippen LogP contribution < -0.4 is 0 Å². The number of rotatable bonds is 3. The Kier molecular flexibility index (Phi) is 4.55. The molecule has 112 valence electrons. The van der Waals surface area contributed by atoms with Crippen LogP contribution >= 0.6 is 27.3 Å². The third kappa shape index (κ3) is 2.77. The zero-order chi connectivity index (χ0) is 15.1. The summed E-state index contributed by atoms with van der Waals surface area (Å²) in [5, 5.41) is 9.68. The van der Waals surface area contributed by atoms with Crippen molar-refractivity contribution in [2.24, 2.45) is 0 Å². The van der Waals surface area contributed by atoms with E-state index in [4.69, 9.17) is 0 Å². The summed E-state index contributed by atoms with van der Waals surface area (Å²) in [7, 11) is -2.63. The smallest absolute Gasteiger partial charge is 0.324 e. The molecule has 1 aliphatic heterocycles. The maximum Gasteiger partial charge on any atom is 0.324 e. The lowest BCUT2D eigenvalue weighted by Crippen LogP contribution is -2.41. The van der Waals surface area contributed by atoms with E-state index in [0.29, 0.717) is 8.66 Å². The molecule has 1 aromatic heterocycles. The Morgan fingerprint density at radius 1 is 1.60 bits per heavy atom. The molecule has 1 saturated heterocycles. The fraction of sp³-hybridized carbons (Fsp3) is 0.545. The van der Waals surface area contributed by atoms with E-state index in [1.807, 2.05) is 0 Å². The Bertz CT molecular complexity index is 627. The first-order valence-electron chi connectivity index (χ1n) is 5.81. The largest absolute Gasteiger partial charge is 0.468 e. The molecule has 6 nitrogen and oxygen atoms in total. The van der Waals surface area contributed by atoms with Gasteiger partial charge in [-0.2, -0.15) is 4.31 Å². The van der Waals surface area contributed by atoms with Crippen molar-refractivity contribution in [3.05, 3.63) is 14.7 Å². The van der Waals surface area contributed by atoms with Crippen LogP contribution in [0.15, 0.2) is 14.7 Å². The summed E-state index contributed by atoms with van der Waals surface area (Å²) in [4.78, 5) is 12.5. The number of methoxy groups -OCH3 is 1. The Hall–Kier alpha value is -0.480. The van der Waals surface area contributed by atoms with E-state index in [1.54, 1.807) is 6.92 Å². The third-order valence-corrected chi connectivity index (χ3v) is 6.82. The van der Waals surface area contributed by atoms with E-state index in [-0.39, 0.29) is 17.9 Å². The molecular weight excluding hydrogens is 370 g/mol. The minimum absolute atomic E-state index is 0.0518. The molecular formula is C11H14BrNO5S2. The third-order valence-electron chi connectivity index (χ3n) is 3.14. The quantitative estimate of drug-likeness (QED) is 0.790. The fourth-order valence-electron chi connectivity index (χ4n) is 2.21. The lowest BCUT2D eigenvalue weighted by atomic mass is 10.2. The van der Waals surface area contributed by atoms with Crippen LogP contribution in [0.2, 0.25) is 0 Å². The predicted octanol–water partition coefficient (Wildman–Crippen LogP) is 1.12. The van der Waals surface area contributed by atoms with Crippen molar-refractivity contribution in [3.8, 4) is 0 Å². The number of nitrogens with zero attached hydrogens (tertiary/aromatic N) is 1. The molecule has 2 atom stereocenters. The van der Waals surface area contributed by atoms with Crippen LogP contribution in [-0.4, -0.2) is 49.6 Å². The lowest BCUT2D eigenvalue weighted by molar-refractivity contribution is -0.144. The van der Waals surface area contributed by atoms with E-state index in [1.165, 1.54) is 24.5 Å². The molecule has 2 unspecified atom stereocenters. The number of sulfonamides is 1. The van der Waals surface area contributed by atoms with Crippen LogP contribution in [0, 0.1) is 6.92 Å². The molecule has 0 bridgehead atoms. The summed E-state index contributed by atoms with van der Waals surface area (Å²) in [6, 6.07) is 0.534. The number of carbonyl (C=O) groups is 1. The van der Waals surface area contributed by atoms with Gasteiger partial charge >= 0.3 is 5.97 Å². The molecule has 20 heavy (non-hydrogen) atoms. The highest BCUT2D eigenvalue weighted by atomic mass is 79.9. The second-order valence-corrected chi connectivity index (χ2v) is 8.97. The van der Waals surface area contributed by atoms with Gasteiger partial charge in [0.15, 0.2) is 0 Å². The summed E-state index contributed by atoms with van der Waals surface area (Å²) in [6.07, 6.45) is -0.813. The fourth-order valence-corrected chi connectivity index (χ4v) is 6.22. The minimum Gasteiger partial charge on any atom is -0.468 e. The van der Waals surface area contributed by atoms with E-state index >= 15 is 0 Å². The highest BCUT2D eigenvalue weighted by Crippen LogP contribution is 2.34. The van der Waals surface area contributed by atoms with E-state index in [9.17, 15) is 18.3 Å². The number of aliphatic hydroxyl groups is 1. The predicted molar refractivity (Wildman–Crippen MR) is 77.1 cm³/mol. The van der Waals surface area contributed by atoms with E-state index in [2.05, 4.69) is 20.7 Å². The van der Waals surface area contributed by atoms with Gasteiger partial charge in [0.05, 0.1) is 21.9 Å². The first-order chi connectivity index (χ1) is 9.27. The number of ether oxygens (including phenoxy) is 1. The molecule has 0 amide bonds. The number of β-amino-alcohol motifs (C(OH)–C–C–N with tert-alkyl or cyclic N) is 1. The number of thiophene rings is 1. The van der Waals surface area contributed by atoms with Crippen molar-refractivity contribution in [1.82, 2.24) is 4.31 Å². The van der Waals surface area contributed by atoms with Gasteiger partial charge in [-0.25, -0.2) is 8.42 Å². The van der Waals surface area contributed by atoms with Gasteiger partial charge in [-0.15, -0.1) is 11.3 Å². The summed E-state index contributed by atoms with van der Waals surface area (Å²) in [5.74, 6) is -0.655. The summed E-state index contributed by atoms with van der Waals surface area (Å²) in [5.41, 5.74) is 0. The molecule has 9 heteroatoms. The lowest BCUT2D eigenvalue weighted by Gasteiger charge is -2.21. The molecule has 0 spiro atoms. The Balaban J connectivity index is 2.42. The van der Waals surface area contributed by atoms with Crippen molar-refractivity contribution >= 4 is 43.3 Å². The molecule has 0 aliphatic carbocycles. The van der Waals surface area contributed by atoms with Crippen LogP contribution in [0.5, 0.6) is 0 Å². The van der Waals surface area contributed by atoms with Gasteiger partial charge in [0.1, 0.15) is 6.04 Å². The van der Waals surface area contributed by atoms with Gasteiger partial charge in [-0.1, -0.05) is 0 Å². The van der Waals surface area contributed by atoms with Crippen LogP contribution in [0.4, 0.5) is 0 Å². The van der Waals surface area contributed by atoms with Crippen LogP contribution in [-0.2, 0) is 19.6 Å². The number of aliphatic hydroxyl groups excluding tert-OH is 1. The Morgan fingerprint density at radius 3 is 2.75 bits per heavy atom. The molecule has 1 aromatic rings. The molecule has 2 rings (SSSR count). The van der Waals surface area contributed by atoms with Crippen LogP contribution in [0.1, 0.15) is 11.3 Å². The van der Waals surface area contributed by atoms with Crippen molar-refractivity contribution in [2.75, 3.05) is 13.7 Å². The molecule has 1 N–H and O–H groups in total. The second-order valence-electron chi connectivity index (χ2n) is 4.47. The number of hydrogen-bond donors (Lipinski definition) is 1. The molecule has 0 aromatic carbocycles. The maximum absolute atomic E-state index is 12.6. The van der Waals surface area contributed by atoms with Gasteiger partial charge < -0.3 is 9.84 Å². The highest BCUT2D eigenvalue weighted by Gasteiger charge is 2.44. The Labute approximate surface area is 129 Å². The van der Waals surface area contributed by atoms with Crippen LogP contribution in [0.3, 0.4) is 0 Å². The monoisotopic (exact) mass is 383 g/mol. The normalized spacial score (nSPS) is 24.0. The second kappa shape index (κ2) is 5.72. The number of halogens is 1. The molecule has 1 aliphatic rings. The SMILES string of the molecule is COC(=O)C1CC(O)CN1S(=O)(=O)c1cc(Br)sc1C. The Morgan fingerprint density at radius 2 is 2.25 bits per heavy atom. The minimum atomic E-state index is -3.83.